The van der Waals surface area contributed by atoms with Gasteiger partial charge in [-0.15, -0.1) is 11.8 Å². The SMILES string of the molecule is Cc1ccc(C(=O)O)cc1NC(=O)CSc1cccc(N)c1. The molecule has 0 bridgehead atoms. The summed E-state index contributed by atoms with van der Waals surface area (Å²) in [5.74, 6) is -0.997. The predicted molar refractivity (Wildman–Crippen MR) is 88.3 cm³/mol. The average molecular weight is 316 g/mol. The number of carbonyl (C=O) groups excluding carboxylic acids is 1. The van der Waals surface area contributed by atoms with Crippen molar-refractivity contribution in [2.75, 3.05) is 16.8 Å². The number of nitrogen functional groups attached to an aromatic ring is 1. The lowest BCUT2D eigenvalue weighted by molar-refractivity contribution is -0.113. The van der Waals surface area contributed by atoms with Crippen molar-refractivity contribution in [2.45, 2.75) is 11.8 Å². The quantitative estimate of drug-likeness (QED) is 0.582. The number of benzene rings is 2. The lowest BCUT2D eigenvalue weighted by Gasteiger charge is -2.09. The number of nitrogens with one attached hydrogen (secondary N) is 1. The number of hydrogen-bond donors (Lipinski definition) is 3. The van der Waals surface area contributed by atoms with Gasteiger partial charge in [0.15, 0.2) is 0 Å². The fraction of sp³-hybridized carbons (Fsp3) is 0.125. The standard InChI is InChI=1S/C16H16N2O3S/c1-10-5-6-11(16(20)21)7-14(10)18-15(19)9-22-13-4-2-3-12(17)8-13/h2-8H,9,17H2,1H3,(H,18,19)(H,20,21). The summed E-state index contributed by atoms with van der Waals surface area (Å²) < 4.78 is 0. The molecule has 0 saturated carbocycles. The van der Waals surface area contributed by atoms with Crippen LogP contribution >= 0.6 is 11.8 Å². The molecule has 2 aromatic carbocycles. The van der Waals surface area contributed by atoms with E-state index in [9.17, 15) is 9.59 Å². The van der Waals surface area contributed by atoms with Crippen molar-refractivity contribution in [3.8, 4) is 0 Å². The van der Waals surface area contributed by atoms with Crippen LogP contribution in [0.2, 0.25) is 0 Å². The number of carbonyl (C=O) groups is 2. The van der Waals surface area contributed by atoms with Gasteiger partial charge in [0.1, 0.15) is 0 Å². The number of aryl methyl sites for hydroxylation is 1. The molecule has 0 aliphatic heterocycles. The van der Waals surface area contributed by atoms with Gasteiger partial charge in [-0.25, -0.2) is 4.79 Å². The number of thioether (sulfide) groups is 1. The van der Waals surface area contributed by atoms with E-state index in [4.69, 9.17) is 10.8 Å². The van der Waals surface area contributed by atoms with E-state index in [1.807, 2.05) is 19.1 Å². The zero-order valence-corrected chi connectivity index (χ0v) is 12.8. The molecular weight excluding hydrogens is 300 g/mol. The maximum Gasteiger partial charge on any atom is 0.335 e. The van der Waals surface area contributed by atoms with E-state index in [0.717, 1.165) is 10.5 Å². The molecule has 0 saturated heterocycles. The van der Waals surface area contributed by atoms with Gasteiger partial charge in [-0.05, 0) is 42.8 Å². The van der Waals surface area contributed by atoms with Gasteiger partial charge in [0.2, 0.25) is 5.91 Å². The van der Waals surface area contributed by atoms with E-state index in [1.165, 1.54) is 23.9 Å². The maximum atomic E-state index is 12.0. The average Bonchev–Trinajstić information content (AvgIpc) is 2.47. The van der Waals surface area contributed by atoms with Crippen LogP contribution < -0.4 is 11.1 Å². The highest BCUT2D eigenvalue weighted by Gasteiger charge is 2.09. The Kier molecular flexibility index (Phi) is 5.06. The van der Waals surface area contributed by atoms with Crippen LogP contribution in [0.25, 0.3) is 0 Å². The molecular formula is C16H16N2O3S. The van der Waals surface area contributed by atoms with Gasteiger partial charge in [0.05, 0.1) is 11.3 Å². The molecule has 22 heavy (non-hydrogen) atoms. The molecule has 2 rings (SSSR count). The molecule has 4 N–H and O–H groups in total. The Balaban J connectivity index is 2.00. The summed E-state index contributed by atoms with van der Waals surface area (Å²) in [6, 6.07) is 11.9. The summed E-state index contributed by atoms with van der Waals surface area (Å²) in [4.78, 5) is 23.9. The molecule has 2 aromatic rings. The molecule has 6 heteroatoms. The molecule has 0 atom stereocenters. The highest BCUT2D eigenvalue weighted by Crippen LogP contribution is 2.21. The first-order chi connectivity index (χ1) is 10.5. The number of carboxylic acid groups (broad SMARTS) is 1. The van der Waals surface area contributed by atoms with Gasteiger partial charge < -0.3 is 16.2 Å². The first kappa shape index (κ1) is 15.9. The van der Waals surface area contributed by atoms with E-state index in [2.05, 4.69) is 5.32 Å². The monoisotopic (exact) mass is 316 g/mol. The molecule has 0 aliphatic rings. The summed E-state index contributed by atoms with van der Waals surface area (Å²) in [6.07, 6.45) is 0. The Bertz CT molecular complexity index is 716. The van der Waals surface area contributed by atoms with E-state index in [0.29, 0.717) is 11.4 Å². The number of hydrogen-bond acceptors (Lipinski definition) is 4. The van der Waals surface area contributed by atoms with E-state index < -0.39 is 5.97 Å². The smallest absolute Gasteiger partial charge is 0.335 e. The maximum absolute atomic E-state index is 12.0. The zero-order valence-electron chi connectivity index (χ0n) is 12.0. The second-order valence-electron chi connectivity index (χ2n) is 4.74. The Morgan fingerprint density at radius 2 is 2.00 bits per heavy atom. The summed E-state index contributed by atoms with van der Waals surface area (Å²) in [5.41, 5.74) is 7.80. The third-order valence-corrected chi connectivity index (χ3v) is 3.98. The number of aromatic carboxylic acids is 1. The highest BCUT2D eigenvalue weighted by atomic mass is 32.2. The van der Waals surface area contributed by atoms with Crippen LogP contribution in [0.1, 0.15) is 15.9 Å². The number of amides is 1. The minimum absolute atomic E-state index is 0.143. The van der Waals surface area contributed by atoms with Crippen molar-refractivity contribution in [2.24, 2.45) is 0 Å². The van der Waals surface area contributed by atoms with Gasteiger partial charge in [-0.1, -0.05) is 12.1 Å². The first-order valence-electron chi connectivity index (χ1n) is 6.58. The van der Waals surface area contributed by atoms with Crippen molar-refractivity contribution in [3.63, 3.8) is 0 Å². The number of nitrogens with two attached hydrogens (primary N) is 1. The predicted octanol–water partition coefficient (Wildman–Crippen LogP) is 3.01. The Labute approximate surface area is 132 Å². The van der Waals surface area contributed by atoms with Gasteiger partial charge >= 0.3 is 5.97 Å². The van der Waals surface area contributed by atoms with Crippen molar-refractivity contribution >= 4 is 35.0 Å². The van der Waals surface area contributed by atoms with Gasteiger partial charge in [-0.3, -0.25) is 4.79 Å². The zero-order chi connectivity index (χ0) is 16.1. The topological polar surface area (TPSA) is 92.4 Å². The first-order valence-corrected chi connectivity index (χ1v) is 7.56. The van der Waals surface area contributed by atoms with E-state index in [1.54, 1.807) is 18.2 Å². The Morgan fingerprint density at radius 3 is 2.68 bits per heavy atom. The molecule has 0 unspecified atom stereocenters. The molecule has 114 valence electrons. The van der Waals surface area contributed by atoms with Crippen LogP contribution in [-0.2, 0) is 4.79 Å². The van der Waals surface area contributed by atoms with Gasteiger partial charge in [0.25, 0.3) is 0 Å². The number of carboxylic acids is 1. The van der Waals surface area contributed by atoms with Crippen molar-refractivity contribution in [1.82, 2.24) is 0 Å². The summed E-state index contributed by atoms with van der Waals surface area (Å²) >= 11 is 1.37. The second kappa shape index (κ2) is 7.00. The van der Waals surface area contributed by atoms with Crippen LogP contribution in [0.5, 0.6) is 0 Å². The minimum Gasteiger partial charge on any atom is -0.478 e. The van der Waals surface area contributed by atoms with E-state index >= 15 is 0 Å². The summed E-state index contributed by atoms with van der Waals surface area (Å²) in [5, 5.41) is 11.7. The number of anilines is 2. The molecule has 0 spiro atoms. The van der Waals surface area contributed by atoms with Crippen molar-refractivity contribution in [3.05, 3.63) is 53.6 Å². The van der Waals surface area contributed by atoms with Crippen LogP contribution in [-0.4, -0.2) is 22.7 Å². The molecule has 0 fully saturated rings. The molecule has 5 nitrogen and oxygen atoms in total. The molecule has 0 aromatic heterocycles. The lowest BCUT2D eigenvalue weighted by atomic mass is 10.1. The van der Waals surface area contributed by atoms with Crippen LogP contribution in [0.15, 0.2) is 47.4 Å². The second-order valence-corrected chi connectivity index (χ2v) is 5.79. The Hall–Kier alpha value is -2.47. The van der Waals surface area contributed by atoms with Gasteiger partial charge in [-0.2, -0.15) is 0 Å². The lowest BCUT2D eigenvalue weighted by Crippen LogP contribution is -2.15. The normalized spacial score (nSPS) is 10.2. The van der Waals surface area contributed by atoms with Crippen LogP contribution in [0.4, 0.5) is 11.4 Å². The van der Waals surface area contributed by atoms with Crippen molar-refractivity contribution < 1.29 is 14.7 Å². The third-order valence-electron chi connectivity index (χ3n) is 2.99. The third kappa shape index (κ3) is 4.26. The summed E-state index contributed by atoms with van der Waals surface area (Å²) in [7, 11) is 0. The molecule has 0 radical (unpaired) electrons. The molecule has 0 aliphatic carbocycles. The molecule has 0 heterocycles. The van der Waals surface area contributed by atoms with Gasteiger partial charge in [0, 0.05) is 16.3 Å². The highest BCUT2D eigenvalue weighted by molar-refractivity contribution is 8.00. The largest absolute Gasteiger partial charge is 0.478 e. The fourth-order valence-corrected chi connectivity index (χ4v) is 2.59. The van der Waals surface area contributed by atoms with Crippen LogP contribution in [0, 0.1) is 6.92 Å². The van der Waals surface area contributed by atoms with Crippen molar-refractivity contribution in [1.29, 1.82) is 0 Å². The van der Waals surface area contributed by atoms with E-state index in [-0.39, 0.29) is 17.2 Å². The Morgan fingerprint density at radius 1 is 1.23 bits per heavy atom. The minimum atomic E-state index is -1.02. The van der Waals surface area contributed by atoms with Crippen LogP contribution in [0.3, 0.4) is 0 Å². The number of rotatable bonds is 5. The molecule has 1 amide bonds. The summed E-state index contributed by atoms with van der Waals surface area (Å²) in [6.45, 7) is 1.81. The fourth-order valence-electron chi connectivity index (χ4n) is 1.83.